The number of aromatic nitrogens is 4. The molecular formula is C19H14ClN5. The van der Waals surface area contributed by atoms with E-state index in [4.69, 9.17) is 11.6 Å². The van der Waals surface area contributed by atoms with Gasteiger partial charge in [-0.2, -0.15) is 0 Å². The van der Waals surface area contributed by atoms with E-state index in [-0.39, 0.29) is 0 Å². The van der Waals surface area contributed by atoms with Gasteiger partial charge in [-0.1, -0.05) is 29.8 Å². The standard InChI is InChI=1S/C19H14ClN5/c20-14-4-3-5-16(12-14)25-13-22-19(24-25)17-6-1-2-7-18(17)23-15-8-10-21-11-9-15/h1-13H,(H,21,23). The molecule has 5 nitrogen and oxygen atoms in total. The molecule has 1 N–H and O–H groups in total. The summed E-state index contributed by atoms with van der Waals surface area (Å²) in [6, 6.07) is 19.2. The summed E-state index contributed by atoms with van der Waals surface area (Å²) in [5.74, 6) is 0.636. The van der Waals surface area contributed by atoms with E-state index in [9.17, 15) is 0 Å². The lowest BCUT2D eigenvalue weighted by Crippen LogP contribution is -1.96. The molecule has 0 fully saturated rings. The predicted molar refractivity (Wildman–Crippen MR) is 99.3 cm³/mol. The normalized spacial score (nSPS) is 10.6. The number of anilines is 2. The van der Waals surface area contributed by atoms with Gasteiger partial charge in [-0.25, -0.2) is 9.67 Å². The second-order valence-electron chi connectivity index (χ2n) is 5.40. The Morgan fingerprint density at radius 1 is 0.920 bits per heavy atom. The van der Waals surface area contributed by atoms with Gasteiger partial charge in [0, 0.05) is 34.4 Å². The molecule has 0 aliphatic carbocycles. The largest absolute Gasteiger partial charge is 0.355 e. The van der Waals surface area contributed by atoms with Gasteiger partial charge in [0.1, 0.15) is 6.33 Å². The van der Waals surface area contributed by atoms with Gasteiger partial charge in [0.2, 0.25) is 0 Å². The molecule has 122 valence electrons. The van der Waals surface area contributed by atoms with Crippen LogP contribution in [0, 0.1) is 0 Å². The number of pyridine rings is 1. The van der Waals surface area contributed by atoms with Gasteiger partial charge in [-0.15, -0.1) is 5.10 Å². The van der Waals surface area contributed by atoms with Gasteiger partial charge in [0.25, 0.3) is 0 Å². The number of hydrogen-bond donors (Lipinski definition) is 1. The van der Waals surface area contributed by atoms with Crippen LogP contribution in [0.25, 0.3) is 17.1 Å². The van der Waals surface area contributed by atoms with Crippen LogP contribution in [0.4, 0.5) is 11.4 Å². The molecule has 2 aromatic heterocycles. The zero-order valence-corrected chi connectivity index (χ0v) is 13.9. The van der Waals surface area contributed by atoms with E-state index < -0.39 is 0 Å². The zero-order chi connectivity index (χ0) is 17.1. The Bertz CT molecular complexity index is 997. The first kappa shape index (κ1) is 15.4. The van der Waals surface area contributed by atoms with Gasteiger partial charge in [-0.05, 0) is 42.5 Å². The molecule has 0 amide bonds. The molecule has 0 aliphatic rings. The molecule has 0 aliphatic heterocycles. The first-order chi connectivity index (χ1) is 12.3. The van der Waals surface area contributed by atoms with Crippen molar-refractivity contribution in [2.24, 2.45) is 0 Å². The number of hydrogen-bond acceptors (Lipinski definition) is 4. The van der Waals surface area contributed by atoms with Gasteiger partial charge < -0.3 is 5.32 Å². The van der Waals surface area contributed by atoms with Crippen molar-refractivity contribution in [2.45, 2.75) is 0 Å². The lowest BCUT2D eigenvalue weighted by Gasteiger charge is -2.09. The number of halogens is 1. The highest BCUT2D eigenvalue weighted by Crippen LogP contribution is 2.28. The van der Waals surface area contributed by atoms with E-state index in [0.717, 1.165) is 22.6 Å². The fourth-order valence-electron chi connectivity index (χ4n) is 2.51. The zero-order valence-electron chi connectivity index (χ0n) is 13.2. The second kappa shape index (κ2) is 6.75. The lowest BCUT2D eigenvalue weighted by atomic mass is 10.1. The highest BCUT2D eigenvalue weighted by Gasteiger charge is 2.10. The van der Waals surface area contributed by atoms with Crippen molar-refractivity contribution in [1.29, 1.82) is 0 Å². The third kappa shape index (κ3) is 3.36. The minimum atomic E-state index is 0.636. The summed E-state index contributed by atoms with van der Waals surface area (Å²) in [5.41, 5.74) is 3.67. The SMILES string of the molecule is Clc1cccc(-n2cnc(-c3ccccc3Nc3ccncc3)n2)c1. The van der Waals surface area contributed by atoms with Crippen LogP contribution >= 0.6 is 11.6 Å². The third-order valence-electron chi connectivity index (χ3n) is 3.69. The Labute approximate surface area is 150 Å². The molecule has 0 saturated carbocycles. The summed E-state index contributed by atoms with van der Waals surface area (Å²) in [5, 5.41) is 8.63. The number of nitrogens with one attached hydrogen (secondary N) is 1. The van der Waals surface area contributed by atoms with Crippen LogP contribution in [-0.2, 0) is 0 Å². The second-order valence-corrected chi connectivity index (χ2v) is 5.84. The topological polar surface area (TPSA) is 55.6 Å². The molecule has 2 heterocycles. The molecule has 0 saturated heterocycles. The number of benzene rings is 2. The van der Waals surface area contributed by atoms with Crippen molar-refractivity contribution < 1.29 is 0 Å². The molecule has 0 unspecified atom stereocenters. The number of rotatable bonds is 4. The molecule has 2 aromatic carbocycles. The third-order valence-corrected chi connectivity index (χ3v) is 3.93. The van der Waals surface area contributed by atoms with Crippen LogP contribution in [0.3, 0.4) is 0 Å². The van der Waals surface area contributed by atoms with Crippen molar-refractivity contribution in [1.82, 2.24) is 19.7 Å². The molecule has 0 atom stereocenters. The number of para-hydroxylation sites is 1. The van der Waals surface area contributed by atoms with Gasteiger partial charge in [0.15, 0.2) is 5.82 Å². The monoisotopic (exact) mass is 347 g/mol. The van der Waals surface area contributed by atoms with Crippen molar-refractivity contribution in [3.63, 3.8) is 0 Å². The quantitative estimate of drug-likeness (QED) is 0.580. The Morgan fingerprint density at radius 3 is 2.60 bits per heavy atom. The highest BCUT2D eigenvalue weighted by molar-refractivity contribution is 6.30. The molecule has 0 radical (unpaired) electrons. The van der Waals surface area contributed by atoms with E-state index in [1.54, 1.807) is 23.4 Å². The van der Waals surface area contributed by atoms with Crippen molar-refractivity contribution in [3.05, 3.63) is 84.4 Å². The van der Waals surface area contributed by atoms with E-state index in [2.05, 4.69) is 20.4 Å². The predicted octanol–water partition coefficient (Wildman–Crippen LogP) is 4.73. The number of nitrogens with zero attached hydrogens (tertiary/aromatic N) is 4. The van der Waals surface area contributed by atoms with Crippen LogP contribution in [0.15, 0.2) is 79.4 Å². The summed E-state index contributed by atoms with van der Waals surface area (Å²) in [6.45, 7) is 0. The fourth-order valence-corrected chi connectivity index (χ4v) is 2.69. The lowest BCUT2D eigenvalue weighted by molar-refractivity contribution is 0.882. The fraction of sp³-hybridized carbons (Fsp3) is 0. The first-order valence-electron chi connectivity index (χ1n) is 7.74. The average Bonchev–Trinajstić information content (AvgIpc) is 3.13. The van der Waals surface area contributed by atoms with Crippen LogP contribution < -0.4 is 5.32 Å². The van der Waals surface area contributed by atoms with Crippen molar-refractivity contribution in [3.8, 4) is 17.1 Å². The summed E-state index contributed by atoms with van der Waals surface area (Å²) >= 11 is 6.06. The van der Waals surface area contributed by atoms with Crippen LogP contribution in [0.5, 0.6) is 0 Å². The molecule has 4 rings (SSSR count). The Balaban J connectivity index is 1.69. The molecule has 0 bridgehead atoms. The van der Waals surface area contributed by atoms with Gasteiger partial charge >= 0.3 is 0 Å². The van der Waals surface area contributed by atoms with Crippen molar-refractivity contribution in [2.75, 3.05) is 5.32 Å². The van der Waals surface area contributed by atoms with Gasteiger partial charge in [-0.3, -0.25) is 4.98 Å². The maximum Gasteiger partial charge on any atom is 0.183 e. The molecule has 6 heteroatoms. The van der Waals surface area contributed by atoms with Gasteiger partial charge in [0.05, 0.1) is 5.69 Å². The Hall–Kier alpha value is -3.18. The van der Waals surface area contributed by atoms with E-state index in [1.165, 1.54) is 0 Å². The minimum Gasteiger partial charge on any atom is -0.355 e. The van der Waals surface area contributed by atoms with Crippen LogP contribution in [0.1, 0.15) is 0 Å². The summed E-state index contributed by atoms with van der Waals surface area (Å²) < 4.78 is 1.71. The van der Waals surface area contributed by atoms with E-state index >= 15 is 0 Å². The van der Waals surface area contributed by atoms with Crippen LogP contribution in [-0.4, -0.2) is 19.7 Å². The maximum absolute atomic E-state index is 6.06. The van der Waals surface area contributed by atoms with E-state index in [0.29, 0.717) is 10.8 Å². The van der Waals surface area contributed by atoms with E-state index in [1.807, 2.05) is 60.7 Å². The van der Waals surface area contributed by atoms with Crippen LogP contribution in [0.2, 0.25) is 5.02 Å². The summed E-state index contributed by atoms with van der Waals surface area (Å²) in [7, 11) is 0. The first-order valence-corrected chi connectivity index (χ1v) is 8.11. The summed E-state index contributed by atoms with van der Waals surface area (Å²) in [4.78, 5) is 8.48. The molecule has 4 aromatic rings. The summed E-state index contributed by atoms with van der Waals surface area (Å²) in [6.07, 6.45) is 5.18. The average molecular weight is 348 g/mol. The maximum atomic E-state index is 6.06. The molecule has 25 heavy (non-hydrogen) atoms. The molecular weight excluding hydrogens is 334 g/mol. The minimum absolute atomic E-state index is 0.636. The Kier molecular flexibility index (Phi) is 4.14. The van der Waals surface area contributed by atoms with Crippen molar-refractivity contribution >= 4 is 23.0 Å². The highest BCUT2D eigenvalue weighted by atomic mass is 35.5. The Morgan fingerprint density at radius 2 is 1.76 bits per heavy atom. The smallest absolute Gasteiger partial charge is 0.183 e. The molecule has 0 spiro atoms.